The van der Waals surface area contributed by atoms with Crippen LogP contribution in [0.3, 0.4) is 0 Å². The molecule has 8 heteroatoms. The van der Waals surface area contributed by atoms with E-state index in [9.17, 15) is 14.9 Å². The maximum Gasteiger partial charge on any atom is 0.408 e. The van der Waals surface area contributed by atoms with Crippen LogP contribution in [0.15, 0.2) is 6.20 Å². The van der Waals surface area contributed by atoms with Gasteiger partial charge in [-0.3, -0.25) is 4.79 Å². The Kier molecular flexibility index (Phi) is 4.22. The molecule has 7 nitrogen and oxygen atoms in total. The number of aryl methyl sites for hydroxylation is 1. The van der Waals surface area contributed by atoms with E-state index in [-0.39, 0.29) is 23.2 Å². The zero-order valence-corrected chi connectivity index (χ0v) is 14.9. The van der Waals surface area contributed by atoms with Crippen LogP contribution in [0.25, 0.3) is 0 Å². The molecule has 0 spiro atoms. The zero-order valence-electron chi connectivity index (χ0n) is 14.1. The summed E-state index contributed by atoms with van der Waals surface area (Å²) in [5, 5.41) is 17.7. The molecular formula is C17H23ClN4O3. The van der Waals surface area contributed by atoms with Crippen molar-refractivity contribution in [3.63, 3.8) is 0 Å². The fraction of sp³-hybridized carbons (Fsp3) is 0.765. The zero-order chi connectivity index (χ0) is 17.6. The highest BCUT2D eigenvalue weighted by atomic mass is 35.5. The molecule has 0 radical (unpaired) electrons. The number of hydrogen-bond acceptors (Lipinski definition) is 4. The molecule has 0 aromatic carbocycles. The molecule has 1 aromatic heterocycles. The van der Waals surface area contributed by atoms with Gasteiger partial charge in [0.05, 0.1) is 17.8 Å². The summed E-state index contributed by atoms with van der Waals surface area (Å²) in [6, 6.07) is 0. The monoisotopic (exact) mass is 366 g/mol. The van der Waals surface area contributed by atoms with Crippen molar-refractivity contribution in [1.82, 2.24) is 15.1 Å². The molecule has 4 aliphatic carbocycles. The fourth-order valence-corrected chi connectivity index (χ4v) is 5.94. The number of nitro groups is 1. The molecule has 1 amide bonds. The normalized spacial score (nSPS) is 32.8. The van der Waals surface area contributed by atoms with Crippen LogP contribution in [-0.2, 0) is 11.3 Å². The number of rotatable bonds is 6. The minimum absolute atomic E-state index is 0.000949. The van der Waals surface area contributed by atoms with E-state index in [1.165, 1.54) is 49.4 Å². The Hall–Kier alpha value is -1.63. The van der Waals surface area contributed by atoms with Gasteiger partial charge < -0.3 is 15.4 Å². The average molecular weight is 367 g/mol. The van der Waals surface area contributed by atoms with E-state index in [2.05, 4.69) is 10.4 Å². The second-order valence-electron chi connectivity index (χ2n) is 8.27. The molecule has 0 aliphatic heterocycles. The third kappa shape index (κ3) is 3.38. The van der Waals surface area contributed by atoms with E-state index in [0.717, 1.165) is 24.3 Å². The van der Waals surface area contributed by atoms with Crippen molar-refractivity contribution < 1.29 is 9.72 Å². The van der Waals surface area contributed by atoms with Gasteiger partial charge in [-0.1, -0.05) is 11.6 Å². The van der Waals surface area contributed by atoms with Crippen LogP contribution in [0.5, 0.6) is 0 Å². The van der Waals surface area contributed by atoms with Crippen molar-refractivity contribution >= 4 is 23.3 Å². The SMILES string of the molecule is O=C(CCn1cc(Cl)c([N+](=O)[O-])n1)NCC12CC3CC(CC(C3)C1)C2. The minimum Gasteiger partial charge on any atom is -0.358 e. The smallest absolute Gasteiger partial charge is 0.358 e. The minimum atomic E-state index is -0.619. The third-order valence-corrected chi connectivity index (χ3v) is 6.53. The van der Waals surface area contributed by atoms with Crippen molar-refractivity contribution in [2.45, 2.75) is 51.5 Å². The molecule has 1 heterocycles. The van der Waals surface area contributed by atoms with Gasteiger partial charge in [-0.05, 0) is 66.6 Å². The van der Waals surface area contributed by atoms with Crippen molar-refractivity contribution in [2.24, 2.45) is 23.2 Å². The molecule has 136 valence electrons. The van der Waals surface area contributed by atoms with Crippen molar-refractivity contribution in [3.8, 4) is 0 Å². The summed E-state index contributed by atoms with van der Waals surface area (Å²) in [5.41, 5.74) is 0.318. The number of hydrogen-bond donors (Lipinski definition) is 1. The van der Waals surface area contributed by atoms with Crippen LogP contribution >= 0.6 is 11.6 Å². The number of carbonyl (C=O) groups excluding carboxylic acids is 1. The van der Waals surface area contributed by atoms with Gasteiger partial charge in [0.1, 0.15) is 0 Å². The van der Waals surface area contributed by atoms with E-state index < -0.39 is 4.92 Å². The molecule has 5 rings (SSSR count). The van der Waals surface area contributed by atoms with Gasteiger partial charge in [-0.15, -0.1) is 0 Å². The Morgan fingerprint density at radius 1 is 1.32 bits per heavy atom. The first-order valence-electron chi connectivity index (χ1n) is 9.06. The molecule has 1 aromatic rings. The first-order valence-corrected chi connectivity index (χ1v) is 9.44. The summed E-state index contributed by atoms with van der Waals surface area (Å²) in [6.45, 7) is 1.07. The van der Waals surface area contributed by atoms with Gasteiger partial charge >= 0.3 is 5.82 Å². The van der Waals surface area contributed by atoms with Gasteiger partial charge in [0.25, 0.3) is 0 Å². The second kappa shape index (κ2) is 6.27. The molecular weight excluding hydrogens is 344 g/mol. The van der Waals surface area contributed by atoms with Crippen molar-refractivity contribution in [1.29, 1.82) is 0 Å². The van der Waals surface area contributed by atoms with E-state index in [4.69, 9.17) is 11.6 Å². The Morgan fingerprint density at radius 3 is 2.44 bits per heavy atom. The average Bonchev–Trinajstić information content (AvgIpc) is 2.91. The topological polar surface area (TPSA) is 90.1 Å². The predicted molar refractivity (Wildman–Crippen MR) is 92.1 cm³/mol. The van der Waals surface area contributed by atoms with Crippen LogP contribution in [0, 0.1) is 33.3 Å². The number of nitrogens with zero attached hydrogens (tertiary/aromatic N) is 3. The lowest BCUT2D eigenvalue weighted by Gasteiger charge is -2.56. The molecule has 25 heavy (non-hydrogen) atoms. The van der Waals surface area contributed by atoms with E-state index in [1.807, 2.05) is 0 Å². The molecule has 0 unspecified atom stereocenters. The van der Waals surface area contributed by atoms with E-state index >= 15 is 0 Å². The second-order valence-corrected chi connectivity index (χ2v) is 8.67. The van der Waals surface area contributed by atoms with Gasteiger partial charge in [0.2, 0.25) is 5.91 Å². The Morgan fingerprint density at radius 2 is 1.92 bits per heavy atom. The van der Waals surface area contributed by atoms with E-state index in [1.54, 1.807) is 0 Å². The van der Waals surface area contributed by atoms with Crippen LogP contribution < -0.4 is 5.32 Å². The first-order chi connectivity index (χ1) is 11.9. The third-order valence-electron chi connectivity index (χ3n) is 6.27. The highest BCUT2D eigenvalue weighted by Gasteiger charge is 2.50. The number of nitrogens with one attached hydrogen (secondary N) is 1. The fourth-order valence-electron chi connectivity index (χ4n) is 5.72. The highest BCUT2D eigenvalue weighted by molar-refractivity contribution is 6.32. The molecule has 4 bridgehead atoms. The molecule has 4 aliphatic rings. The maximum atomic E-state index is 12.2. The Bertz CT molecular complexity index is 667. The Balaban J connectivity index is 1.28. The molecule has 4 fully saturated rings. The summed E-state index contributed by atoms with van der Waals surface area (Å²) in [5.74, 6) is 2.22. The number of carbonyl (C=O) groups is 1. The van der Waals surface area contributed by atoms with Gasteiger partial charge in [0, 0.05) is 13.0 Å². The first kappa shape index (κ1) is 16.8. The molecule has 0 saturated heterocycles. The quantitative estimate of drug-likeness (QED) is 0.618. The standard InChI is InChI=1S/C17H23ClN4O3/c18-14-9-21(20-16(14)22(24)25)2-1-15(23)19-10-17-6-11-3-12(7-17)5-13(4-11)8-17/h9,11-13H,1-8,10H2,(H,19,23). The number of aromatic nitrogens is 2. The summed E-state index contributed by atoms with van der Waals surface area (Å²) < 4.78 is 1.37. The summed E-state index contributed by atoms with van der Waals surface area (Å²) >= 11 is 5.77. The lowest BCUT2D eigenvalue weighted by Crippen LogP contribution is -2.51. The van der Waals surface area contributed by atoms with E-state index in [0.29, 0.717) is 12.0 Å². The van der Waals surface area contributed by atoms with Crippen LogP contribution in [0.4, 0.5) is 5.82 Å². The largest absolute Gasteiger partial charge is 0.408 e. The van der Waals surface area contributed by atoms with Crippen molar-refractivity contribution in [3.05, 3.63) is 21.3 Å². The highest BCUT2D eigenvalue weighted by Crippen LogP contribution is 2.59. The summed E-state index contributed by atoms with van der Waals surface area (Å²) in [6.07, 6.45) is 9.62. The summed E-state index contributed by atoms with van der Waals surface area (Å²) in [7, 11) is 0. The van der Waals surface area contributed by atoms with Gasteiger partial charge in [0.15, 0.2) is 5.02 Å². The number of halogens is 1. The van der Waals surface area contributed by atoms with Crippen LogP contribution in [0.1, 0.15) is 44.9 Å². The van der Waals surface area contributed by atoms with Crippen LogP contribution in [0.2, 0.25) is 5.02 Å². The van der Waals surface area contributed by atoms with Gasteiger partial charge in [-0.2, -0.15) is 4.68 Å². The van der Waals surface area contributed by atoms with Gasteiger partial charge in [-0.25, -0.2) is 0 Å². The maximum absolute atomic E-state index is 12.2. The number of amides is 1. The lowest BCUT2D eigenvalue weighted by molar-refractivity contribution is -0.389. The van der Waals surface area contributed by atoms with Crippen LogP contribution in [-0.4, -0.2) is 27.2 Å². The lowest BCUT2D eigenvalue weighted by atomic mass is 9.49. The molecule has 0 atom stereocenters. The Labute approximate surface area is 151 Å². The van der Waals surface area contributed by atoms with Crippen molar-refractivity contribution in [2.75, 3.05) is 6.54 Å². The molecule has 4 saturated carbocycles. The predicted octanol–water partition coefficient (Wildman–Crippen LogP) is 3.17. The summed E-state index contributed by atoms with van der Waals surface area (Å²) in [4.78, 5) is 22.3. The molecule has 1 N–H and O–H groups in total.